The summed E-state index contributed by atoms with van der Waals surface area (Å²) in [6, 6.07) is 48.6. The van der Waals surface area contributed by atoms with Gasteiger partial charge in [0.2, 0.25) is 0 Å². The van der Waals surface area contributed by atoms with Crippen LogP contribution in [0.3, 0.4) is 0 Å². The zero-order valence-corrected chi connectivity index (χ0v) is 28.2. The number of para-hydroxylation sites is 1. The molecule has 1 aliphatic rings. The molecule has 1 heterocycles. The van der Waals surface area contributed by atoms with E-state index in [9.17, 15) is 0 Å². The van der Waals surface area contributed by atoms with Gasteiger partial charge in [-0.25, -0.2) is 0 Å². The summed E-state index contributed by atoms with van der Waals surface area (Å²) in [6.07, 6.45) is 0. The van der Waals surface area contributed by atoms with E-state index in [2.05, 4.69) is 116 Å². The van der Waals surface area contributed by atoms with Crippen LogP contribution in [0.15, 0.2) is 180 Å². The molecule has 1 aromatic heterocycles. The summed E-state index contributed by atoms with van der Waals surface area (Å²) >= 11 is 0. The second-order valence-corrected chi connectivity index (χ2v) is 13.7. The highest BCUT2D eigenvalue weighted by Gasteiger charge is 2.35. The number of fused-ring (bicyclic) bond motifs is 8. The SMILES string of the molecule is [2H]c1c([2H])c([2H])c(-c2cc3c(oc4cccc(-c5ccc(N(c6ccccc6)c6ccc7c(c6)C(C)(C)c6ccccc6-7)cc5)c43)c3ccccc23)c([2H])c1[2H]. The van der Waals surface area contributed by atoms with Crippen LogP contribution in [0.25, 0.3) is 66.1 Å². The van der Waals surface area contributed by atoms with E-state index < -0.39 is 6.04 Å². The Labute approximate surface area is 304 Å². The van der Waals surface area contributed by atoms with E-state index >= 15 is 0 Å². The lowest BCUT2D eigenvalue weighted by Crippen LogP contribution is -2.16. The van der Waals surface area contributed by atoms with Crippen molar-refractivity contribution >= 4 is 49.8 Å². The fourth-order valence-electron chi connectivity index (χ4n) is 8.13. The molecule has 0 radical (unpaired) electrons. The summed E-state index contributed by atoms with van der Waals surface area (Å²) in [5.41, 5.74) is 12.4. The lowest BCUT2D eigenvalue weighted by molar-refractivity contribution is 0.660. The van der Waals surface area contributed by atoms with Gasteiger partial charge in [-0.15, -0.1) is 0 Å². The average Bonchev–Trinajstić information content (AvgIpc) is 3.72. The van der Waals surface area contributed by atoms with Crippen LogP contribution in [-0.4, -0.2) is 0 Å². The van der Waals surface area contributed by atoms with Gasteiger partial charge in [0.05, 0.1) is 6.85 Å². The first-order valence-corrected chi connectivity index (χ1v) is 17.3. The van der Waals surface area contributed by atoms with Crippen LogP contribution in [0.4, 0.5) is 17.1 Å². The number of furan rings is 1. The van der Waals surface area contributed by atoms with Gasteiger partial charge < -0.3 is 9.32 Å². The Morgan fingerprint density at radius 2 is 1.16 bits per heavy atom. The molecule has 2 nitrogen and oxygen atoms in total. The van der Waals surface area contributed by atoms with E-state index in [0.29, 0.717) is 16.7 Å². The van der Waals surface area contributed by atoms with Gasteiger partial charge in [0.15, 0.2) is 0 Å². The Morgan fingerprint density at radius 1 is 0.490 bits per heavy atom. The van der Waals surface area contributed by atoms with Gasteiger partial charge in [0.25, 0.3) is 0 Å². The monoisotopic (exact) mass is 658 g/mol. The number of anilines is 3. The molecule has 10 rings (SSSR count). The molecule has 1 aliphatic carbocycles. The quantitative estimate of drug-likeness (QED) is 0.183. The van der Waals surface area contributed by atoms with Crippen molar-refractivity contribution in [3.8, 4) is 33.4 Å². The fourth-order valence-corrected chi connectivity index (χ4v) is 8.13. The normalized spacial score (nSPS) is 14.4. The molecule has 0 fully saturated rings. The summed E-state index contributed by atoms with van der Waals surface area (Å²) in [4.78, 5) is 2.30. The standard InChI is InChI=1S/C49H35NO/c1-49(2)44-22-12-11-19-39(44)40-29-28-36(30-45(40)49)50(34-16-7-4-8-17-34)35-26-24-33(25-27-35)37-21-13-23-46-47(37)43-31-42(32-14-5-3-6-15-32)38-18-9-10-20-41(38)48(43)51-46/h3-31H,1-2H3/i3D,5D,6D,14D,15D. The molecule has 0 spiro atoms. The van der Waals surface area contributed by atoms with Crippen molar-refractivity contribution < 1.29 is 11.3 Å². The zero-order valence-electron chi connectivity index (χ0n) is 33.2. The number of hydrogen-bond donors (Lipinski definition) is 0. The van der Waals surface area contributed by atoms with Crippen molar-refractivity contribution in [2.45, 2.75) is 19.3 Å². The Hall–Kier alpha value is -6.38. The van der Waals surface area contributed by atoms with Crippen molar-refractivity contribution in [1.82, 2.24) is 0 Å². The molecule has 2 heteroatoms. The lowest BCUT2D eigenvalue weighted by atomic mass is 9.82. The molecule has 0 atom stereocenters. The van der Waals surface area contributed by atoms with Crippen molar-refractivity contribution in [3.05, 3.63) is 187 Å². The highest BCUT2D eigenvalue weighted by Crippen LogP contribution is 2.51. The molecule has 0 unspecified atom stereocenters. The maximum Gasteiger partial charge on any atom is 0.143 e. The average molecular weight is 659 g/mol. The van der Waals surface area contributed by atoms with Crippen molar-refractivity contribution in [3.63, 3.8) is 0 Å². The summed E-state index contributed by atoms with van der Waals surface area (Å²) in [5.74, 6) is 0. The smallest absolute Gasteiger partial charge is 0.143 e. The second kappa shape index (κ2) is 11.3. The van der Waals surface area contributed by atoms with Gasteiger partial charge in [0.1, 0.15) is 11.2 Å². The second-order valence-electron chi connectivity index (χ2n) is 13.7. The Morgan fingerprint density at radius 3 is 1.98 bits per heavy atom. The number of nitrogens with zero attached hydrogens (tertiary/aromatic N) is 1. The first kappa shape index (κ1) is 24.7. The summed E-state index contributed by atoms with van der Waals surface area (Å²) < 4.78 is 49.3. The summed E-state index contributed by atoms with van der Waals surface area (Å²) in [6.45, 7) is 4.61. The van der Waals surface area contributed by atoms with Crippen molar-refractivity contribution in [2.75, 3.05) is 4.90 Å². The van der Waals surface area contributed by atoms with Crippen molar-refractivity contribution in [1.29, 1.82) is 0 Å². The zero-order chi connectivity index (χ0) is 38.5. The van der Waals surface area contributed by atoms with Crippen LogP contribution >= 0.6 is 0 Å². The van der Waals surface area contributed by atoms with Gasteiger partial charge in [0, 0.05) is 38.6 Å². The van der Waals surface area contributed by atoms with Gasteiger partial charge in [-0.1, -0.05) is 141 Å². The molecule has 0 bridgehead atoms. The number of hydrogen-bond acceptors (Lipinski definition) is 2. The molecule has 0 amide bonds. The predicted molar refractivity (Wildman–Crippen MR) is 214 cm³/mol. The first-order valence-electron chi connectivity index (χ1n) is 19.8. The van der Waals surface area contributed by atoms with Crippen LogP contribution < -0.4 is 4.90 Å². The maximum atomic E-state index is 8.82. The third-order valence-electron chi connectivity index (χ3n) is 10.5. The summed E-state index contributed by atoms with van der Waals surface area (Å²) in [5, 5.41) is 3.27. The molecule has 0 N–H and O–H groups in total. The van der Waals surface area contributed by atoms with Gasteiger partial charge in [-0.3, -0.25) is 0 Å². The summed E-state index contributed by atoms with van der Waals surface area (Å²) in [7, 11) is 0. The molecule has 242 valence electrons. The van der Waals surface area contributed by atoms with Gasteiger partial charge in [-0.2, -0.15) is 0 Å². The molecular formula is C49H35NO. The molecule has 0 saturated heterocycles. The van der Waals surface area contributed by atoms with Gasteiger partial charge in [-0.05, 0) is 98.4 Å². The van der Waals surface area contributed by atoms with E-state index in [1.807, 2.05) is 48.5 Å². The van der Waals surface area contributed by atoms with Crippen LogP contribution in [0, 0.1) is 0 Å². The van der Waals surface area contributed by atoms with Crippen molar-refractivity contribution in [2.24, 2.45) is 0 Å². The Kier molecular flexibility index (Phi) is 5.49. The van der Waals surface area contributed by atoms with E-state index in [0.717, 1.165) is 49.7 Å². The number of rotatable bonds is 5. The molecule has 9 aromatic rings. The Balaban J connectivity index is 1.13. The highest BCUT2D eigenvalue weighted by atomic mass is 16.3. The molecule has 8 aromatic carbocycles. The third-order valence-corrected chi connectivity index (χ3v) is 10.5. The lowest BCUT2D eigenvalue weighted by Gasteiger charge is -2.28. The molecule has 0 aliphatic heterocycles. The highest BCUT2D eigenvalue weighted by molar-refractivity contribution is 6.22. The minimum atomic E-state index is -0.412. The molecule has 0 saturated carbocycles. The maximum absolute atomic E-state index is 8.82. The van der Waals surface area contributed by atoms with Crippen LogP contribution in [0.2, 0.25) is 0 Å². The molecule has 51 heavy (non-hydrogen) atoms. The minimum Gasteiger partial charge on any atom is -0.455 e. The van der Waals surface area contributed by atoms with Gasteiger partial charge >= 0.3 is 0 Å². The van der Waals surface area contributed by atoms with Crippen LogP contribution in [0.1, 0.15) is 31.8 Å². The number of benzene rings is 8. The van der Waals surface area contributed by atoms with E-state index in [-0.39, 0.29) is 35.1 Å². The van der Waals surface area contributed by atoms with E-state index in [1.165, 1.54) is 22.3 Å². The largest absolute Gasteiger partial charge is 0.455 e. The first-order chi connectivity index (χ1) is 27.1. The van der Waals surface area contributed by atoms with Crippen LogP contribution in [-0.2, 0) is 5.41 Å². The predicted octanol–water partition coefficient (Wildman–Crippen LogP) is 13.8. The third kappa shape index (κ3) is 4.57. The van der Waals surface area contributed by atoms with E-state index in [1.54, 1.807) is 0 Å². The molecular weight excluding hydrogens is 619 g/mol. The van der Waals surface area contributed by atoms with Crippen LogP contribution in [0.5, 0.6) is 0 Å². The topological polar surface area (TPSA) is 16.4 Å². The minimum absolute atomic E-state index is 0.131. The Bertz CT molecular complexity index is 3030. The van der Waals surface area contributed by atoms with E-state index in [4.69, 9.17) is 11.3 Å². The fraction of sp³-hybridized carbons (Fsp3) is 0.0612.